The van der Waals surface area contributed by atoms with Gasteiger partial charge in [0.15, 0.2) is 0 Å². The maximum absolute atomic E-state index is 11.1. The summed E-state index contributed by atoms with van der Waals surface area (Å²) in [6, 6.07) is 16.1. The molecule has 2 heterocycles. The Morgan fingerprint density at radius 3 is 2.68 bits per heavy atom. The SMILES string of the molecule is Cc1cc(OC2COCC2O)c2c(c1-c1cccc(COc3ccc4c(c3)OCC4CC(=O)O)c1)CC2. The van der Waals surface area contributed by atoms with E-state index in [2.05, 4.69) is 37.3 Å². The molecule has 3 aromatic rings. The number of fused-ring (bicyclic) bond motifs is 2. The molecule has 0 bridgehead atoms. The molecule has 2 aliphatic heterocycles. The van der Waals surface area contributed by atoms with Gasteiger partial charge in [-0.3, -0.25) is 4.79 Å². The number of hydrogen-bond acceptors (Lipinski definition) is 6. The van der Waals surface area contributed by atoms with Gasteiger partial charge in [-0.15, -0.1) is 0 Å². The Kier molecular flexibility index (Phi) is 6.26. The summed E-state index contributed by atoms with van der Waals surface area (Å²) in [6.07, 6.45) is 1.13. The van der Waals surface area contributed by atoms with E-state index in [1.165, 1.54) is 16.7 Å². The molecule has 37 heavy (non-hydrogen) atoms. The van der Waals surface area contributed by atoms with E-state index in [-0.39, 0.29) is 18.4 Å². The Hall–Kier alpha value is -3.55. The third-order valence-electron chi connectivity index (χ3n) is 7.52. The molecule has 0 aromatic heterocycles. The largest absolute Gasteiger partial charge is 0.492 e. The standard InChI is InChI=1S/C30H30O7/c1-17-9-27(37-28-16-34-15-25(28)31)23-7-8-24(23)30(17)19-4-2-3-18(10-19)13-35-21-5-6-22-20(11-29(32)33)14-36-26(22)12-21/h2-6,9-10,12,20,25,28,31H,7-8,11,13-16H2,1H3,(H,32,33). The van der Waals surface area contributed by atoms with E-state index >= 15 is 0 Å². The molecule has 7 nitrogen and oxygen atoms in total. The normalized spacial score (nSPS) is 21.5. The molecule has 1 fully saturated rings. The van der Waals surface area contributed by atoms with E-state index < -0.39 is 12.1 Å². The molecule has 6 rings (SSSR count). The summed E-state index contributed by atoms with van der Waals surface area (Å²) in [5, 5.41) is 19.2. The van der Waals surface area contributed by atoms with Crippen molar-refractivity contribution >= 4 is 5.97 Å². The van der Waals surface area contributed by atoms with Crippen LogP contribution in [0.1, 0.15) is 40.2 Å². The van der Waals surface area contributed by atoms with Gasteiger partial charge in [-0.1, -0.05) is 24.3 Å². The molecule has 3 aliphatic rings. The molecule has 0 saturated carbocycles. The van der Waals surface area contributed by atoms with Crippen LogP contribution in [0.4, 0.5) is 0 Å². The van der Waals surface area contributed by atoms with Crippen LogP contribution in [0.5, 0.6) is 17.2 Å². The first-order chi connectivity index (χ1) is 18.0. The van der Waals surface area contributed by atoms with Crippen molar-refractivity contribution in [2.45, 2.75) is 50.9 Å². The molecule has 3 atom stereocenters. The van der Waals surface area contributed by atoms with Gasteiger partial charge in [0.2, 0.25) is 0 Å². The first-order valence-corrected chi connectivity index (χ1v) is 12.7. The number of benzene rings is 3. The second-order valence-electron chi connectivity index (χ2n) is 10.1. The van der Waals surface area contributed by atoms with E-state index in [1.807, 2.05) is 18.2 Å². The van der Waals surface area contributed by atoms with Crippen LogP contribution in [0.25, 0.3) is 11.1 Å². The third-order valence-corrected chi connectivity index (χ3v) is 7.52. The van der Waals surface area contributed by atoms with Gasteiger partial charge in [0, 0.05) is 17.5 Å². The summed E-state index contributed by atoms with van der Waals surface area (Å²) >= 11 is 0. The second-order valence-corrected chi connectivity index (χ2v) is 10.1. The van der Waals surface area contributed by atoms with Crippen LogP contribution in [-0.4, -0.2) is 48.2 Å². The average molecular weight is 503 g/mol. The van der Waals surface area contributed by atoms with Gasteiger partial charge in [0.05, 0.1) is 26.2 Å². The number of hydrogen-bond donors (Lipinski definition) is 2. The molecule has 3 unspecified atom stereocenters. The molecule has 0 amide bonds. The Bertz CT molecular complexity index is 1350. The lowest BCUT2D eigenvalue weighted by molar-refractivity contribution is -0.137. The smallest absolute Gasteiger partial charge is 0.304 e. The van der Waals surface area contributed by atoms with Crippen LogP contribution in [0, 0.1) is 6.92 Å². The summed E-state index contributed by atoms with van der Waals surface area (Å²) < 4.78 is 23.3. The first kappa shape index (κ1) is 23.8. The number of aliphatic hydroxyl groups excluding tert-OH is 1. The minimum atomic E-state index is -0.823. The van der Waals surface area contributed by atoms with Crippen molar-refractivity contribution in [1.82, 2.24) is 0 Å². The summed E-state index contributed by atoms with van der Waals surface area (Å²) in [6.45, 7) is 3.64. The number of rotatable bonds is 8. The number of carbonyl (C=O) groups is 1. The van der Waals surface area contributed by atoms with Crippen LogP contribution in [0.2, 0.25) is 0 Å². The number of aliphatic carboxylic acids is 1. The number of carboxylic acid groups (broad SMARTS) is 1. The lowest BCUT2D eigenvalue weighted by Gasteiger charge is -2.29. The Balaban J connectivity index is 1.18. The van der Waals surface area contributed by atoms with Crippen molar-refractivity contribution in [2.24, 2.45) is 0 Å². The highest BCUT2D eigenvalue weighted by molar-refractivity contribution is 5.76. The molecule has 0 radical (unpaired) electrons. The molecule has 0 spiro atoms. The minimum Gasteiger partial charge on any atom is -0.492 e. The van der Waals surface area contributed by atoms with Gasteiger partial charge in [-0.2, -0.15) is 0 Å². The van der Waals surface area contributed by atoms with E-state index in [0.29, 0.717) is 37.9 Å². The minimum absolute atomic E-state index is 0.0627. The van der Waals surface area contributed by atoms with Crippen LogP contribution >= 0.6 is 0 Å². The van der Waals surface area contributed by atoms with Crippen LogP contribution in [0.3, 0.4) is 0 Å². The molecule has 1 aliphatic carbocycles. The van der Waals surface area contributed by atoms with Crippen molar-refractivity contribution in [3.05, 3.63) is 76.3 Å². The number of carboxylic acids is 1. The van der Waals surface area contributed by atoms with Crippen molar-refractivity contribution in [3.63, 3.8) is 0 Å². The van der Waals surface area contributed by atoms with Crippen LogP contribution in [-0.2, 0) is 29.0 Å². The zero-order chi connectivity index (χ0) is 25.5. The fourth-order valence-corrected chi connectivity index (χ4v) is 5.53. The van der Waals surface area contributed by atoms with E-state index in [0.717, 1.165) is 40.8 Å². The maximum atomic E-state index is 11.1. The predicted octanol–water partition coefficient (Wildman–Crippen LogP) is 4.43. The third kappa shape index (κ3) is 4.65. The lowest BCUT2D eigenvalue weighted by Crippen LogP contribution is -2.31. The molecule has 1 saturated heterocycles. The van der Waals surface area contributed by atoms with Gasteiger partial charge in [0.25, 0.3) is 0 Å². The highest BCUT2D eigenvalue weighted by Gasteiger charge is 2.31. The average Bonchev–Trinajstić information content (AvgIpc) is 3.44. The van der Waals surface area contributed by atoms with Crippen molar-refractivity contribution in [1.29, 1.82) is 0 Å². The zero-order valence-corrected chi connectivity index (χ0v) is 20.7. The van der Waals surface area contributed by atoms with Crippen molar-refractivity contribution in [3.8, 4) is 28.4 Å². The fraction of sp³-hybridized carbons (Fsp3) is 0.367. The van der Waals surface area contributed by atoms with Crippen molar-refractivity contribution in [2.75, 3.05) is 19.8 Å². The predicted molar refractivity (Wildman–Crippen MR) is 137 cm³/mol. The monoisotopic (exact) mass is 502 g/mol. The van der Waals surface area contributed by atoms with Gasteiger partial charge >= 0.3 is 5.97 Å². The second kappa shape index (κ2) is 9.72. The Morgan fingerprint density at radius 2 is 1.92 bits per heavy atom. The molecular formula is C30H30O7. The lowest BCUT2D eigenvalue weighted by atomic mass is 9.79. The topological polar surface area (TPSA) is 94.5 Å². The van der Waals surface area contributed by atoms with Gasteiger partial charge in [0.1, 0.15) is 36.1 Å². The van der Waals surface area contributed by atoms with Crippen LogP contribution < -0.4 is 14.2 Å². The maximum Gasteiger partial charge on any atom is 0.304 e. The highest BCUT2D eigenvalue weighted by atomic mass is 16.6. The fourth-order valence-electron chi connectivity index (χ4n) is 5.53. The van der Waals surface area contributed by atoms with E-state index in [1.54, 1.807) is 0 Å². The quantitative estimate of drug-likeness (QED) is 0.471. The number of ether oxygens (including phenoxy) is 4. The Labute approximate surface area is 215 Å². The zero-order valence-electron chi connectivity index (χ0n) is 20.7. The van der Waals surface area contributed by atoms with Gasteiger partial charge in [-0.05, 0) is 71.3 Å². The van der Waals surface area contributed by atoms with Crippen molar-refractivity contribution < 1.29 is 34.0 Å². The first-order valence-electron chi connectivity index (χ1n) is 12.7. The summed E-state index contributed by atoms with van der Waals surface area (Å²) in [5.74, 6) is 1.32. The molecular weight excluding hydrogens is 472 g/mol. The summed E-state index contributed by atoms with van der Waals surface area (Å²) in [7, 11) is 0. The molecule has 192 valence electrons. The Morgan fingerprint density at radius 1 is 1.05 bits per heavy atom. The summed E-state index contributed by atoms with van der Waals surface area (Å²) in [5.41, 5.74) is 8.06. The van der Waals surface area contributed by atoms with Crippen LogP contribution in [0.15, 0.2) is 48.5 Å². The van der Waals surface area contributed by atoms with E-state index in [4.69, 9.17) is 24.1 Å². The highest BCUT2D eigenvalue weighted by Crippen LogP contribution is 2.43. The molecule has 2 N–H and O–H groups in total. The van der Waals surface area contributed by atoms with E-state index in [9.17, 15) is 9.90 Å². The molecule has 3 aromatic carbocycles. The van der Waals surface area contributed by atoms with Gasteiger partial charge < -0.3 is 29.2 Å². The number of aryl methyl sites for hydroxylation is 1. The summed E-state index contributed by atoms with van der Waals surface area (Å²) in [4.78, 5) is 11.1. The number of aliphatic hydroxyl groups is 1. The molecule has 7 heteroatoms. The van der Waals surface area contributed by atoms with Gasteiger partial charge in [-0.25, -0.2) is 0 Å².